The van der Waals surface area contributed by atoms with Gasteiger partial charge >= 0.3 is 0 Å². The van der Waals surface area contributed by atoms with E-state index in [-0.39, 0.29) is 6.61 Å². The van der Waals surface area contributed by atoms with Gasteiger partial charge in [-0.2, -0.15) is 0 Å². The van der Waals surface area contributed by atoms with Crippen molar-refractivity contribution in [3.63, 3.8) is 0 Å². The molecule has 6 rings (SSSR count). The SMILES string of the molecule is CN1CCCC1.CN1CCCCC1.C[N+]1(C)CCCC1.C[N+]1(C)CCCCC1.C[N+]1(C)CCOCC1.OCCN1CCOCC1. The third-order valence-corrected chi connectivity index (χ3v) is 9.91. The first-order chi connectivity index (χ1) is 21.3. The van der Waals surface area contributed by atoms with Crippen molar-refractivity contribution in [2.24, 2.45) is 0 Å². The molecule has 0 atom stereocenters. The number of rotatable bonds is 2. The zero-order valence-corrected chi connectivity index (χ0v) is 31.7. The van der Waals surface area contributed by atoms with E-state index in [1.807, 2.05) is 0 Å². The highest BCUT2D eigenvalue weighted by atomic mass is 16.5. The van der Waals surface area contributed by atoms with Gasteiger partial charge in [-0.25, -0.2) is 0 Å². The van der Waals surface area contributed by atoms with Gasteiger partial charge in [0.25, 0.3) is 0 Å². The molecule has 0 amide bonds. The first-order valence-corrected chi connectivity index (χ1v) is 18.7. The number of β-amino-alcohol motifs (C(OH)–C–C–N with tert-alkyl or cyclic N) is 1. The Kier molecular flexibility index (Phi) is 23.4. The van der Waals surface area contributed by atoms with Crippen molar-refractivity contribution in [1.82, 2.24) is 14.7 Å². The van der Waals surface area contributed by atoms with Crippen LogP contribution in [0.1, 0.15) is 64.2 Å². The van der Waals surface area contributed by atoms with Crippen LogP contribution in [0.2, 0.25) is 0 Å². The number of morpholine rings is 2. The number of likely N-dealkylation sites (N-methyl/N-ethyl adjacent to an activating group) is 1. The van der Waals surface area contributed by atoms with Crippen LogP contribution in [0.4, 0.5) is 0 Å². The minimum Gasteiger partial charge on any atom is -0.395 e. The van der Waals surface area contributed by atoms with Gasteiger partial charge in [0.1, 0.15) is 13.1 Å². The lowest BCUT2D eigenvalue weighted by Crippen LogP contribution is -2.48. The molecule has 0 aromatic rings. The molecule has 6 saturated heterocycles. The summed E-state index contributed by atoms with van der Waals surface area (Å²) in [6, 6.07) is 0. The van der Waals surface area contributed by atoms with Crippen molar-refractivity contribution in [2.75, 3.05) is 174 Å². The lowest BCUT2D eigenvalue weighted by Gasteiger charge is -2.33. The zero-order valence-electron chi connectivity index (χ0n) is 31.7. The Balaban J connectivity index is 0.000000271. The Morgan fingerprint density at radius 1 is 0.444 bits per heavy atom. The van der Waals surface area contributed by atoms with Gasteiger partial charge in [0.15, 0.2) is 0 Å². The molecule has 0 aromatic heterocycles. The van der Waals surface area contributed by atoms with E-state index in [0.29, 0.717) is 0 Å². The zero-order chi connectivity index (χ0) is 33.4. The molecule has 0 radical (unpaired) electrons. The monoisotopic (exact) mass is 646 g/mol. The number of aliphatic hydroxyl groups is 1. The maximum atomic E-state index is 8.54. The number of nitrogens with zero attached hydrogens (tertiary/aromatic N) is 6. The summed E-state index contributed by atoms with van der Waals surface area (Å²) in [5.41, 5.74) is 0. The third-order valence-electron chi connectivity index (χ3n) is 9.91. The topological polar surface area (TPSA) is 48.4 Å². The maximum absolute atomic E-state index is 8.54. The highest BCUT2D eigenvalue weighted by Crippen LogP contribution is 2.12. The fraction of sp³-hybridized carbons (Fsp3) is 1.00. The predicted molar refractivity (Wildman–Crippen MR) is 192 cm³/mol. The van der Waals surface area contributed by atoms with Crippen LogP contribution < -0.4 is 0 Å². The fourth-order valence-corrected chi connectivity index (χ4v) is 6.29. The molecule has 0 aromatic carbocycles. The Hall–Kier alpha value is -0.360. The highest BCUT2D eigenvalue weighted by molar-refractivity contribution is 4.60. The van der Waals surface area contributed by atoms with Crippen LogP contribution in [0.25, 0.3) is 0 Å². The lowest BCUT2D eigenvalue weighted by atomic mass is 10.1. The first kappa shape index (κ1) is 42.7. The second-order valence-electron chi connectivity index (χ2n) is 16.1. The van der Waals surface area contributed by atoms with Gasteiger partial charge in [-0.15, -0.1) is 0 Å². The normalized spacial score (nSPS) is 26.1. The lowest BCUT2D eigenvalue weighted by molar-refractivity contribution is -0.898. The molecule has 0 bridgehead atoms. The summed E-state index contributed by atoms with van der Waals surface area (Å²) in [6.45, 7) is 19.7. The van der Waals surface area contributed by atoms with Crippen molar-refractivity contribution in [2.45, 2.75) is 64.2 Å². The van der Waals surface area contributed by atoms with Crippen LogP contribution in [-0.2, 0) is 9.47 Å². The van der Waals surface area contributed by atoms with Crippen LogP contribution >= 0.6 is 0 Å². The Morgan fingerprint density at radius 3 is 1.04 bits per heavy atom. The molecule has 0 unspecified atom stereocenters. The smallest absolute Gasteiger partial charge is 0.102 e. The molecule has 6 aliphatic rings. The van der Waals surface area contributed by atoms with Gasteiger partial charge in [0, 0.05) is 32.5 Å². The largest absolute Gasteiger partial charge is 0.395 e. The summed E-state index contributed by atoms with van der Waals surface area (Å²) in [5.74, 6) is 0. The van der Waals surface area contributed by atoms with Gasteiger partial charge < -0.3 is 37.8 Å². The molecule has 6 aliphatic heterocycles. The van der Waals surface area contributed by atoms with Crippen LogP contribution in [-0.4, -0.2) is 208 Å². The molecule has 1 N–H and O–H groups in total. The second kappa shape index (κ2) is 24.7. The number of likely N-dealkylation sites (tertiary alicyclic amines) is 4. The Labute approximate surface area is 281 Å². The van der Waals surface area contributed by atoms with Gasteiger partial charge in [0.05, 0.1) is 101 Å². The van der Waals surface area contributed by atoms with Crippen LogP contribution in [0.15, 0.2) is 0 Å². The molecular formula is C36H81N6O3+3. The number of piperidine rings is 2. The van der Waals surface area contributed by atoms with Crippen molar-refractivity contribution in [1.29, 1.82) is 0 Å². The standard InChI is InChI=1S/C7H16N.C6H13NO2.C6H14NO.C6H14N.C6H13N.C5H11N/c1-8(2)6-4-3-5-7-8;8-4-1-7-2-5-9-6-3-7;1-7(2)3-5-8-6-4-7;1-7(2)5-3-4-6-7;1-7-5-3-2-4-6-7;1-6-4-2-3-5-6/h3-7H2,1-2H3;8H,1-6H2;3-6H2,1-2H3;3-6H2,1-2H3;2-6H2,1H3;2-5H2,1H3/q+1;;2*+1;;. The summed E-state index contributed by atoms with van der Waals surface area (Å²) >= 11 is 0. The summed E-state index contributed by atoms with van der Waals surface area (Å²) in [6.07, 6.45) is 14.3. The highest BCUT2D eigenvalue weighted by Gasteiger charge is 2.20. The number of quaternary nitrogens is 3. The van der Waals surface area contributed by atoms with Crippen molar-refractivity contribution in [3.05, 3.63) is 0 Å². The number of hydrogen-bond donors (Lipinski definition) is 1. The first-order valence-electron chi connectivity index (χ1n) is 18.7. The van der Waals surface area contributed by atoms with Crippen molar-refractivity contribution >= 4 is 0 Å². The Morgan fingerprint density at radius 2 is 0.778 bits per heavy atom. The van der Waals surface area contributed by atoms with E-state index >= 15 is 0 Å². The van der Waals surface area contributed by atoms with Crippen LogP contribution in [0.3, 0.4) is 0 Å². The summed E-state index contributed by atoms with van der Waals surface area (Å²) in [4.78, 5) is 6.95. The summed E-state index contributed by atoms with van der Waals surface area (Å²) < 4.78 is 13.9. The molecule has 9 heteroatoms. The van der Waals surface area contributed by atoms with Crippen molar-refractivity contribution in [3.8, 4) is 0 Å². The number of aliphatic hydroxyl groups excluding tert-OH is 1. The Bertz CT molecular complexity index is 627. The van der Waals surface area contributed by atoms with Gasteiger partial charge in [-0.05, 0) is 85.2 Å². The molecule has 6 fully saturated rings. The average molecular weight is 646 g/mol. The van der Waals surface area contributed by atoms with E-state index in [4.69, 9.17) is 14.6 Å². The van der Waals surface area contributed by atoms with Gasteiger partial charge in [0.2, 0.25) is 0 Å². The fourth-order valence-electron chi connectivity index (χ4n) is 6.29. The maximum Gasteiger partial charge on any atom is 0.102 e. The number of ether oxygens (including phenoxy) is 2. The van der Waals surface area contributed by atoms with E-state index in [2.05, 4.69) is 71.1 Å². The van der Waals surface area contributed by atoms with Crippen LogP contribution in [0, 0.1) is 0 Å². The number of hydrogen-bond acceptors (Lipinski definition) is 6. The van der Waals surface area contributed by atoms with E-state index < -0.39 is 0 Å². The summed E-state index contributed by atoms with van der Waals surface area (Å²) in [5, 5.41) is 8.54. The van der Waals surface area contributed by atoms with Crippen LogP contribution in [0.5, 0.6) is 0 Å². The minimum absolute atomic E-state index is 0.264. The quantitative estimate of drug-likeness (QED) is 0.466. The molecule has 0 spiro atoms. The van der Waals surface area contributed by atoms with Gasteiger partial charge in [-0.1, -0.05) is 6.42 Å². The third kappa shape index (κ3) is 25.3. The molecule has 45 heavy (non-hydrogen) atoms. The molecule has 0 aliphatic carbocycles. The molecular weight excluding hydrogens is 564 g/mol. The summed E-state index contributed by atoms with van der Waals surface area (Å²) in [7, 11) is 18.1. The van der Waals surface area contributed by atoms with E-state index in [1.165, 1.54) is 139 Å². The molecule has 6 heterocycles. The second-order valence-corrected chi connectivity index (χ2v) is 16.1. The molecule has 270 valence electrons. The molecule has 0 saturated carbocycles. The van der Waals surface area contributed by atoms with E-state index in [0.717, 1.165) is 50.5 Å². The molecule has 9 nitrogen and oxygen atoms in total. The average Bonchev–Trinajstić information content (AvgIpc) is 3.65. The predicted octanol–water partition coefficient (Wildman–Crippen LogP) is 3.32. The van der Waals surface area contributed by atoms with E-state index in [9.17, 15) is 0 Å². The minimum atomic E-state index is 0.264. The van der Waals surface area contributed by atoms with Gasteiger partial charge in [-0.3, -0.25) is 4.90 Å². The van der Waals surface area contributed by atoms with E-state index in [1.54, 1.807) is 0 Å². The van der Waals surface area contributed by atoms with Crippen molar-refractivity contribution < 1.29 is 28.0 Å².